The number of carbonyl (C=O) groups excluding carboxylic acids is 2. The van der Waals surface area contributed by atoms with Gasteiger partial charge in [0.15, 0.2) is 0 Å². The lowest BCUT2D eigenvalue weighted by Crippen LogP contribution is -2.42. The fourth-order valence-electron chi connectivity index (χ4n) is 5.13. The predicted molar refractivity (Wildman–Crippen MR) is 135 cm³/mol. The minimum absolute atomic E-state index is 0.186. The number of nitrogens with zero attached hydrogens (tertiary/aromatic N) is 1. The first-order chi connectivity index (χ1) is 17.0. The van der Waals surface area contributed by atoms with Crippen molar-refractivity contribution < 1.29 is 18.7 Å². The first-order valence-electron chi connectivity index (χ1n) is 12.2. The number of benzene rings is 2. The van der Waals surface area contributed by atoms with Crippen molar-refractivity contribution in [2.75, 3.05) is 18.5 Å². The highest BCUT2D eigenvalue weighted by Crippen LogP contribution is 2.45. The number of urea groups is 1. The second-order valence-corrected chi connectivity index (χ2v) is 10.2. The van der Waals surface area contributed by atoms with Gasteiger partial charge in [0.2, 0.25) is 0 Å². The largest absolute Gasteiger partial charge is 0.466 e. The van der Waals surface area contributed by atoms with Gasteiger partial charge in [-0.1, -0.05) is 24.3 Å². The number of esters is 1. The molecular formula is C28H29FN2O3S. The van der Waals surface area contributed by atoms with Crippen molar-refractivity contribution in [2.24, 2.45) is 0 Å². The third-order valence-corrected chi connectivity index (χ3v) is 8.17. The van der Waals surface area contributed by atoms with Crippen LogP contribution >= 0.6 is 11.3 Å². The molecule has 2 heterocycles. The maximum absolute atomic E-state index is 13.7. The van der Waals surface area contributed by atoms with Crippen LogP contribution in [0.25, 0.3) is 0 Å². The Morgan fingerprint density at radius 3 is 2.51 bits per heavy atom. The Morgan fingerprint density at radius 1 is 1.03 bits per heavy atom. The van der Waals surface area contributed by atoms with Crippen LogP contribution in [-0.4, -0.2) is 30.1 Å². The van der Waals surface area contributed by atoms with Crippen molar-refractivity contribution in [3.05, 3.63) is 86.4 Å². The Hall–Kier alpha value is -3.19. The second kappa shape index (κ2) is 10.2. The minimum Gasteiger partial charge on any atom is -0.466 e. The number of hydrogen-bond acceptors (Lipinski definition) is 4. The lowest BCUT2D eigenvalue weighted by molar-refractivity contribution is -0.142. The molecule has 1 aliphatic heterocycles. The van der Waals surface area contributed by atoms with E-state index in [-0.39, 0.29) is 30.3 Å². The quantitative estimate of drug-likeness (QED) is 0.441. The van der Waals surface area contributed by atoms with Crippen molar-refractivity contribution in [3.63, 3.8) is 0 Å². The number of ether oxygens (including phenoxy) is 1. The summed E-state index contributed by atoms with van der Waals surface area (Å²) in [5.74, 6) is -0.552. The number of nitrogens with one attached hydrogen (secondary N) is 1. The second-order valence-electron chi connectivity index (χ2n) is 9.06. The Balaban J connectivity index is 1.40. The van der Waals surface area contributed by atoms with Gasteiger partial charge in [-0.05, 0) is 85.5 Å². The van der Waals surface area contributed by atoms with Gasteiger partial charge in [0, 0.05) is 22.0 Å². The predicted octanol–water partition coefficient (Wildman–Crippen LogP) is 6.05. The summed E-state index contributed by atoms with van der Waals surface area (Å²) < 4.78 is 18.7. The third kappa shape index (κ3) is 4.96. The van der Waals surface area contributed by atoms with Gasteiger partial charge in [-0.3, -0.25) is 4.79 Å². The summed E-state index contributed by atoms with van der Waals surface area (Å²) in [4.78, 5) is 29.8. The van der Waals surface area contributed by atoms with E-state index in [4.69, 9.17) is 4.74 Å². The number of hydrogen-bond donors (Lipinski definition) is 1. The number of rotatable bonds is 5. The average molecular weight is 493 g/mol. The highest BCUT2D eigenvalue weighted by molar-refractivity contribution is 7.12. The summed E-state index contributed by atoms with van der Waals surface area (Å²) in [7, 11) is 0. The van der Waals surface area contributed by atoms with Crippen LogP contribution in [0, 0.1) is 5.82 Å². The molecule has 35 heavy (non-hydrogen) atoms. The molecule has 5 nitrogen and oxygen atoms in total. The molecule has 5 rings (SSSR count). The molecule has 2 aromatic carbocycles. The fourth-order valence-corrected chi connectivity index (χ4v) is 6.71. The first kappa shape index (κ1) is 23.5. The van der Waals surface area contributed by atoms with Crippen molar-refractivity contribution >= 4 is 29.0 Å². The van der Waals surface area contributed by atoms with E-state index in [0.717, 1.165) is 30.4 Å². The standard InChI is InChI=1S/C28H29FN2O3S/c1-2-34-25(32)17-18-7-13-21(14-8-18)30-28(33)31-16-15-23-22-5-3-4-6-24(22)35-27(23)26(31)19-9-11-20(29)12-10-19/h7-14,26H,2-6,15-17H2,1H3,(H,30,33)/t26-/m1/s1. The van der Waals surface area contributed by atoms with Crippen LogP contribution in [0.1, 0.15) is 57.8 Å². The van der Waals surface area contributed by atoms with Crippen LogP contribution in [0.5, 0.6) is 0 Å². The topological polar surface area (TPSA) is 58.6 Å². The van der Waals surface area contributed by atoms with Gasteiger partial charge in [0.05, 0.1) is 19.1 Å². The van der Waals surface area contributed by atoms with Crippen molar-refractivity contribution in [1.82, 2.24) is 4.90 Å². The fraction of sp³-hybridized carbons (Fsp3) is 0.357. The molecule has 2 amide bonds. The van der Waals surface area contributed by atoms with Gasteiger partial charge in [0.1, 0.15) is 5.82 Å². The number of anilines is 1. The smallest absolute Gasteiger partial charge is 0.322 e. The molecule has 7 heteroatoms. The molecule has 3 aromatic rings. The average Bonchev–Trinajstić information content (AvgIpc) is 3.24. The molecular weight excluding hydrogens is 463 g/mol. The summed E-state index contributed by atoms with van der Waals surface area (Å²) in [6.45, 7) is 2.74. The van der Waals surface area contributed by atoms with Gasteiger partial charge >= 0.3 is 12.0 Å². The lowest BCUT2D eigenvalue weighted by Gasteiger charge is -2.36. The highest BCUT2D eigenvalue weighted by Gasteiger charge is 2.36. The number of fused-ring (bicyclic) bond motifs is 3. The minimum atomic E-state index is -0.283. The molecule has 1 aromatic heterocycles. The summed E-state index contributed by atoms with van der Waals surface area (Å²) >= 11 is 1.82. The maximum Gasteiger partial charge on any atom is 0.322 e. The van der Waals surface area contributed by atoms with Crippen LogP contribution in [0.15, 0.2) is 48.5 Å². The zero-order valence-electron chi connectivity index (χ0n) is 19.8. The number of carbonyl (C=O) groups is 2. The molecule has 0 saturated carbocycles. The Morgan fingerprint density at radius 2 is 1.77 bits per heavy atom. The molecule has 1 atom stereocenters. The van der Waals surface area contributed by atoms with Gasteiger partial charge < -0.3 is 15.0 Å². The number of amides is 2. The molecule has 0 radical (unpaired) electrons. The van der Waals surface area contributed by atoms with E-state index in [1.807, 2.05) is 28.4 Å². The molecule has 0 fully saturated rings. The molecule has 0 spiro atoms. The van der Waals surface area contributed by atoms with E-state index in [1.165, 1.54) is 45.9 Å². The zero-order chi connectivity index (χ0) is 24.4. The summed E-state index contributed by atoms with van der Waals surface area (Å²) in [6.07, 6.45) is 5.68. The van der Waals surface area contributed by atoms with Gasteiger partial charge in [0.25, 0.3) is 0 Å². The normalized spacial score (nSPS) is 16.9. The number of halogens is 1. The Labute approximate surface area is 208 Å². The van der Waals surface area contributed by atoms with E-state index in [2.05, 4.69) is 5.32 Å². The maximum atomic E-state index is 13.7. The van der Waals surface area contributed by atoms with Gasteiger partial charge in [-0.25, -0.2) is 9.18 Å². The van der Waals surface area contributed by atoms with Crippen LogP contribution in [0.2, 0.25) is 0 Å². The van der Waals surface area contributed by atoms with E-state index in [1.54, 1.807) is 31.2 Å². The lowest BCUT2D eigenvalue weighted by atomic mass is 9.88. The zero-order valence-corrected chi connectivity index (χ0v) is 20.6. The Bertz CT molecular complexity index is 1220. The molecule has 1 N–H and O–H groups in total. The first-order valence-corrected chi connectivity index (χ1v) is 13.1. The summed E-state index contributed by atoms with van der Waals surface area (Å²) in [5.41, 5.74) is 5.30. The van der Waals surface area contributed by atoms with Crippen molar-refractivity contribution in [2.45, 2.75) is 51.5 Å². The van der Waals surface area contributed by atoms with Crippen LogP contribution < -0.4 is 5.32 Å². The van der Waals surface area contributed by atoms with Crippen molar-refractivity contribution in [3.8, 4) is 0 Å². The SMILES string of the molecule is CCOC(=O)Cc1ccc(NC(=O)N2CCc3c(sc4c3CCCC4)[C@H]2c2ccc(F)cc2)cc1. The van der Waals surface area contributed by atoms with Gasteiger partial charge in [-0.2, -0.15) is 0 Å². The van der Waals surface area contributed by atoms with Crippen LogP contribution in [-0.2, 0) is 35.2 Å². The molecule has 2 aliphatic rings. The highest BCUT2D eigenvalue weighted by atomic mass is 32.1. The molecule has 1 aliphatic carbocycles. The van der Waals surface area contributed by atoms with Crippen LogP contribution in [0.3, 0.4) is 0 Å². The van der Waals surface area contributed by atoms with E-state index < -0.39 is 0 Å². The monoisotopic (exact) mass is 492 g/mol. The number of aryl methyl sites for hydroxylation is 1. The van der Waals surface area contributed by atoms with E-state index >= 15 is 0 Å². The molecule has 0 saturated heterocycles. The third-order valence-electron chi connectivity index (χ3n) is 6.78. The van der Waals surface area contributed by atoms with Gasteiger partial charge in [-0.15, -0.1) is 11.3 Å². The van der Waals surface area contributed by atoms with E-state index in [9.17, 15) is 14.0 Å². The van der Waals surface area contributed by atoms with E-state index in [0.29, 0.717) is 18.8 Å². The summed E-state index contributed by atoms with van der Waals surface area (Å²) in [6, 6.07) is 13.4. The number of thiophene rings is 1. The molecule has 0 bridgehead atoms. The Kier molecular flexibility index (Phi) is 6.86. The molecule has 182 valence electrons. The summed E-state index contributed by atoms with van der Waals surface area (Å²) in [5, 5.41) is 3.02. The van der Waals surface area contributed by atoms with Crippen molar-refractivity contribution in [1.29, 1.82) is 0 Å². The molecule has 0 unspecified atom stereocenters. The van der Waals surface area contributed by atoms with Crippen LogP contribution in [0.4, 0.5) is 14.9 Å².